The highest BCUT2D eigenvalue weighted by molar-refractivity contribution is 6.30. The van der Waals surface area contributed by atoms with E-state index in [0.29, 0.717) is 40.8 Å². The Morgan fingerprint density at radius 2 is 1.45 bits per heavy atom. The summed E-state index contributed by atoms with van der Waals surface area (Å²) in [7, 11) is 0. The van der Waals surface area contributed by atoms with E-state index in [1.54, 1.807) is 12.1 Å². The lowest BCUT2D eigenvalue weighted by atomic mass is 9.98. The monoisotopic (exact) mass is 426 g/mol. The van der Waals surface area contributed by atoms with Crippen molar-refractivity contribution < 1.29 is 14.2 Å². The van der Waals surface area contributed by atoms with Crippen molar-refractivity contribution in [2.24, 2.45) is 4.99 Å². The van der Waals surface area contributed by atoms with E-state index in [2.05, 4.69) is 10.3 Å². The Hall–Kier alpha value is -2.89. The molecule has 5 nitrogen and oxygen atoms in total. The molecule has 0 saturated heterocycles. The minimum Gasteiger partial charge on any atom is -0.486 e. The molecule has 2 aliphatic rings. The van der Waals surface area contributed by atoms with Gasteiger partial charge in [0.15, 0.2) is 17.6 Å². The maximum Gasteiger partial charge on any atom is 0.295 e. The van der Waals surface area contributed by atoms with Gasteiger partial charge in [-0.1, -0.05) is 35.3 Å². The van der Waals surface area contributed by atoms with Gasteiger partial charge >= 0.3 is 0 Å². The van der Waals surface area contributed by atoms with Gasteiger partial charge in [-0.05, 0) is 48.0 Å². The van der Waals surface area contributed by atoms with Crippen LogP contribution < -0.4 is 14.8 Å². The number of hydrogen-bond donors (Lipinski definition) is 1. The third kappa shape index (κ3) is 3.71. The molecule has 3 aromatic carbocycles. The molecule has 146 valence electrons. The number of anilines is 1. The summed E-state index contributed by atoms with van der Waals surface area (Å²) in [6.07, 6.45) is -0.370. The highest BCUT2D eigenvalue weighted by Crippen LogP contribution is 2.44. The molecule has 0 amide bonds. The lowest BCUT2D eigenvalue weighted by Gasteiger charge is -2.29. The third-order valence-electron chi connectivity index (χ3n) is 4.69. The van der Waals surface area contributed by atoms with Crippen molar-refractivity contribution in [2.75, 3.05) is 18.5 Å². The van der Waals surface area contributed by atoms with E-state index in [-0.39, 0.29) is 6.10 Å². The Morgan fingerprint density at radius 3 is 2.14 bits per heavy atom. The SMILES string of the molecule is Clc1ccc(NC2=Nc3cc4c(cc3[C@H](c3ccc(Cl)cc3)O2)OCCO4)cc1. The van der Waals surface area contributed by atoms with Crippen LogP contribution in [0, 0.1) is 0 Å². The third-order valence-corrected chi connectivity index (χ3v) is 5.20. The van der Waals surface area contributed by atoms with Crippen LogP contribution in [0.3, 0.4) is 0 Å². The Balaban J connectivity index is 1.56. The molecule has 0 aromatic heterocycles. The standard InChI is InChI=1S/C22H16Cl2N2O3/c23-14-3-1-13(2-4-14)21-17-11-19-20(28-10-9-27-19)12-18(17)26-22(29-21)25-16-7-5-15(24)6-8-16/h1-8,11-12,21H,9-10H2,(H,25,26)/t21-/m0/s1. The maximum absolute atomic E-state index is 6.23. The van der Waals surface area contributed by atoms with E-state index in [1.807, 2.05) is 48.5 Å². The van der Waals surface area contributed by atoms with Gasteiger partial charge in [0.25, 0.3) is 6.02 Å². The summed E-state index contributed by atoms with van der Waals surface area (Å²) in [5, 5.41) is 4.54. The summed E-state index contributed by atoms with van der Waals surface area (Å²) in [6.45, 7) is 1.04. The van der Waals surface area contributed by atoms with Gasteiger partial charge in [0.05, 0.1) is 5.69 Å². The van der Waals surface area contributed by atoms with Crippen molar-refractivity contribution in [3.63, 3.8) is 0 Å². The average molecular weight is 427 g/mol. The topological polar surface area (TPSA) is 52.1 Å². The molecule has 2 aliphatic heterocycles. The van der Waals surface area contributed by atoms with E-state index in [1.165, 1.54) is 0 Å². The normalized spacial score (nSPS) is 17.0. The lowest BCUT2D eigenvalue weighted by molar-refractivity contribution is 0.170. The van der Waals surface area contributed by atoms with Gasteiger partial charge < -0.3 is 19.5 Å². The van der Waals surface area contributed by atoms with Crippen LogP contribution in [-0.2, 0) is 4.74 Å². The van der Waals surface area contributed by atoms with Gasteiger partial charge in [-0.15, -0.1) is 0 Å². The lowest BCUT2D eigenvalue weighted by Crippen LogP contribution is -2.24. The van der Waals surface area contributed by atoms with Crippen LogP contribution in [0.2, 0.25) is 10.0 Å². The van der Waals surface area contributed by atoms with Crippen LogP contribution in [0.4, 0.5) is 11.4 Å². The zero-order valence-corrected chi connectivity index (χ0v) is 16.7. The van der Waals surface area contributed by atoms with Crippen molar-refractivity contribution in [1.82, 2.24) is 0 Å². The van der Waals surface area contributed by atoms with Gasteiger partial charge in [-0.3, -0.25) is 0 Å². The van der Waals surface area contributed by atoms with Crippen molar-refractivity contribution in [1.29, 1.82) is 0 Å². The van der Waals surface area contributed by atoms with Gasteiger partial charge in [-0.2, -0.15) is 4.99 Å². The van der Waals surface area contributed by atoms with E-state index in [4.69, 9.17) is 37.4 Å². The molecule has 1 N–H and O–H groups in total. The Kier molecular flexibility index (Phi) is 4.70. The largest absolute Gasteiger partial charge is 0.486 e. The van der Waals surface area contributed by atoms with Crippen LogP contribution in [0.25, 0.3) is 0 Å². The molecular formula is C22H16Cl2N2O3. The molecular weight excluding hydrogens is 411 g/mol. The second-order valence-corrected chi connectivity index (χ2v) is 7.53. The first-order valence-corrected chi connectivity index (χ1v) is 9.88. The highest BCUT2D eigenvalue weighted by Gasteiger charge is 2.29. The molecule has 0 bridgehead atoms. The molecule has 0 unspecified atom stereocenters. The number of aliphatic imine (C=N–C) groups is 1. The molecule has 0 saturated carbocycles. The van der Waals surface area contributed by atoms with Gasteiger partial charge in [0.1, 0.15) is 13.2 Å². The zero-order chi connectivity index (χ0) is 19.8. The Labute approximate surface area is 177 Å². The summed E-state index contributed by atoms with van der Waals surface area (Å²) in [5.74, 6) is 1.38. The van der Waals surface area contributed by atoms with Crippen molar-refractivity contribution in [2.45, 2.75) is 6.10 Å². The number of ether oxygens (including phenoxy) is 3. The fourth-order valence-corrected chi connectivity index (χ4v) is 3.56. The summed E-state index contributed by atoms with van der Waals surface area (Å²) in [4.78, 5) is 4.65. The van der Waals surface area contributed by atoms with Crippen LogP contribution in [0.15, 0.2) is 65.7 Å². The first-order valence-electron chi connectivity index (χ1n) is 9.13. The number of benzene rings is 3. The molecule has 0 radical (unpaired) electrons. The minimum absolute atomic E-state index is 0.370. The highest BCUT2D eigenvalue weighted by atomic mass is 35.5. The molecule has 0 fully saturated rings. The van der Waals surface area contributed by atoms with Crippen molar-refractivity contribution in [3.8, 4) is 11.5 Å². The molecule has 1 atom stereocenters. The van der Waals surface area contributed by atoms with Crippen LogP contribution >= 0.6 is 23.2 Å². The Bertz CT molecular complexity index is 1080. The maximum atomic E-state index is 6.23. The molecule has 29 heavy (non-hydrogen) atoms. The van der Waals surface area contributed by atoms with E-state index in [9.17, 15) is 0 Å². The molecule has 0 spiro atoms. The fourth-order valence-electron chi connectivity index (χ4n) is 3.31. The minimum atomic E-state index is -0.370. The van der Waals surface area contributed by atoms with Crippen molar-refractivity contribution >= 4 is 40.6 Å². The molecule has 0 aliphatic carbocycles. The number of amidine groups is 1. The Morgan fingerprint density at radius 1 is 0.828 bits per heavy atom. The predicted molar refractivity (Wildman–Crippen MR) is 114 cm³/mol. The number of hydrogen-bond acceptors (Lipinski definition) is 5. The number of halogens is 2. The molecule has 2 heterocycles. The first-order chi connectivity index (χ1) is 14.2. The van der Waals surface area contributed by atoms with Crippen LogP contribution in [0.1, 0.15) is 17.2 Å². The summed E-state index contributed by atoms with van der Waals surface area (Å²) in [6, 6.07) is 19.1. The van der Waals surface area contributed by atoms with Gasteiger partial charge in [0, 0.05) is 27.4 Å². The van der Waals surface area contributed by atoms with Crippen LogP contribution in [0.5, 0.6) is 11.5 Å². The summed E-state index contributed by atoms with van der Waals surface area (Å²) in [5.41, 5.74) is 3.44. The second kappa shape index (κ2) is 7.50. The fraction of sp³-hybridized carbons (Fsp3) is 0.136. The quantitative estimate of drug-likeness (QED) is 0.547. The van der Waals surface area contributed by atoms with Crippen molar-refractivity contribution in [3.05, 3.63) is 81.8 Å². The molecule has 7 heteroatoms. The predicted octanol–water partition coefficient (Wildman–Crippen LogP) is 5.98. The van der Waals surface area contributed by atoms with E-state index in [0.717, 1.165) is 22.5 Å². The average Bonchev–Trinajstić information content (AvgIpc) is 2.74. The van der Waals surface area contributed by atoms with E-state index < -0.39 is 0 Å². The summed E-state index contributed by atoms with van der Waals surface area (Å²) >= 11 is 12.0. The molecule has 5 rings (SSSR count). The number of nitrogens with zero attached hydrogens (tertiary/aromatic N) is 1. The number of rotatable bonds is 2. The second-order valence-electron chi connectivity index (χ2n) is 6.65. The smallest absolute Gasteiger partial charge is 0.295 e. The van der Waals surface area contributed by atoms with Crippen LogP contribution in [-0.4, -0.2) is 19.2 Å². The zero-order valence-electron chi connectivity index (χ0n) is 15.2. The van der Waals surface area contributed by atoms with Gasteiger partial charge in [-0.25, -0.2) is 0 Å². The number of fused-ring (bicyclic) bond motifs is 2. The van der Waals surface area contributed by atoms with E-state index >= 15 is 0 Å². The number of nitrogens with one attached hydrogen (secondary N) is 1. The first kappa shape index (κ1) is 18.2. The summed E-state index contributed by atoms with van der Waals surface area (Å²) < 4.78 is 17.7. The van der Waals surface area contributed by atoms with Gasteiger partial charge in [0.2, 0.25) is 0 Å². The molecule has 3 aromatic rings.